The van der Waals surface area contributed by atoms with Crippen molar-refractivity contribution in [2.75, 3.05) is 6.54 Å². The van der Waals surface area contributed by atoms with Crippen molar-refractivity contribution in [3.63, 3.8) is 0 Å². The zero-order valence-corrected chi connectivity index (χ0v) is 15.0. The van der Waals surface area contributed by atoms with Gasteiger partial charge in [-0.1, -0.05) is 12.8 Å². The summed E-state index contributed by atoms with van der Waals surface area (Å²) in [5.41, 5.74) is 0. The minimum absolute atomic E-state index is 0.0728. The summed E-state index contributed by atoms with van der Waals surface area (Å²) in [4.78, 5) is 43.4. The van der Waals surface area contributed by atoms with Crippen LogP contribution in [0.5, 0.6) is 0 Å². The molecule has 4 N–H and O–H groups in total. The maximum Gasteiger partial charge on any atom is 0.287 e. The molecule has 1 saturated carbocycles. The third-order valence-corrected chi connectivity index (χ3v) is 4.99. The number of amides is 3. The van der Waals surface area contributed by atoms with E-state index in [-0.39, 0.29) is 24.1 Å². The lowest BCUT2D eigenvalue weighted by Crippen LogP contribution is -2.50. The standard InChI is InChI=1S/C18H24N6O3/c19-10-13(9-12-2-1-5-22-16(12)25)23-17(26)14(8-11-3-4-11)24-18(27)15-20-6-7-21-15/h6-7,11-14H,1-5,8-9H2,(H,20,21)(H,22,25)(H,23,26)(H,24,27)/t12?,13?,14-/m0/s1. The summed E-state index contributed by atoms with van der Waals surface area (Å²) >= 11 is 0. The van der Waals surface area contributed by atoms with Gasteiger partial charge in [0.1, 0.15) is 12.1 Å². The monoisotopic (exact) mass is 372 g/mol. The van der Waals surface area contributed by atoms with E-state index in [1.807, 2.05) is 0 Å². The van der Waals surface area contributed by atoms with Crippen molar-refractivity contribution in [3.8, 4) is 6.07 Å². The Hall–Kier alpha value is -2.89. The van der Waals surface area contributed by atoms with E-state index >= 15 is 0 Å². The Morgan fingerprint density at radius 3 is 2.74 bits per heavy atom. The maximum absolute atomic E-state index is 12.7. The Bertz CT molecular complexity index is 722. The molecule has 9 nitrogen and oxygen atoms in total. The van der Waals surface area contributed by atoms with Crippen molar-refractivity contribution in [1.82, 2.24) is 25.9 Å². The highest BCUT2D eigenvalue weighted by molar-refractivity contribution is 5.95. The summed E-state index contributed by atoms with van der Waals surface area (Å²) in [6, 6.07) is 0.562. The first-order valence-electron chi connectivity index (χ1n) is 9.34. The maximum atomic E-state index is 12.7. The number of aromatic nitrogens is 2. The molecule has 2 unspecified atom stereocenters. The number of aromatic amines is 1. The van der Waals surface area contributed by atoms with Gasteiger partial charge in [-0.25, -0.2) is 4.98 Å². The number of carbonyl (C=O) groups excluding carboxylic acids is 3. The number of nitriles is 1. The first-order valence-corrected chi connectivity index (χ1v) is 9.34. The zero-order valence-electron chi connectivity index (χ0n) is 15.0. The average Bonchev–Trinajstić information content (AvgIpc) is 3.30. The van der Waals surface area contributed by atoms with Crippen molar-refractivity contribution in [2.45, 2.75) is 50.6 Å². The normalized spacial score (nSPS) is 21.4. The second kappa shape index (κ2) is 8.66. The molecule has 1 aromatic rings. The number of hydrogen-bond donors (Lipinski definition) is 4. The van der Waals surface area contributed by atoms with Crippen LogP contribution < -0.4 is 16.0 Å². The molecule has 2 aliphatic rings. The summed E-state index contributed by atoms with van der Waals surface area (Å²) in [5.74, 6) is -0.660. The third kappa shape index (κ3) is 5.29. The number of hydrogen-bond acceptors (Lipinski definition) is 5. The highest BCUT2D eigenvalue weighted by Gasteiger charge is 2.33. The number of imidazole rings is 1. The molecule has 1 saturated heterocycles. The SMILES string of the molecule is N#CC(CC1CCCNC1=O)NC(=O)[C@H](CC1CC1)NC(=O)c1ncc[nH]1. The van der Waals surface area contributed by atoms with E-state index in [1.165, 1.54) is 12.4 Å². The first-order chi connectivity index (χ1) is 13.1. The predicted octanol–water partition coefficient (Wildman–Crippen LogP) is 0.233. The quantitative estimate of drug-likeness (QED) is 0.517. The van der Waals surface area contributed by atoms with Gasteiger partial charge in [0, 0.05) is 24.9 Å². The summed E-state index contributed by atoms with van der Waals surface area (Å²) in [6.07, 6.45) is 7.44. The van der Waals surface area contributed by atoms with Gasteiger partial charge < -0.3 is 20.9 Å². The van der Waals surface area contributed by atoms with Crippen LogP contribution in [0.2, 0.25) is 0 Å². The van der Waals surface area contributed by atoms with Gasteiger partial charge in [-0.3, -0.25) is 14.4 Å². The average molecular weight is 372 g/mol. The second-order valence-corrected chi connectivity index (χ2v) is 7.20. The van der Waals surface area contributed by atoms with Crippen LogP contribution in [0.1, 0.15) is 49.1 Å². The number of nitrogens with one attached hydrogen (secondary N) is 4. The lowest BCUT2D eigenvalue weighted by molar-refractivity contribution is -0.128. The molecule has 1 aliphatic heterocycles. The van der Waals surface area contributed by atoms with Crippen molar-refractivity contribution in [2.24, 2.45) is 11.8 Å². The smallest absolute Gasteiger partial charge is 0.287 e. The number of nitrogens with zero attached hydrogens (tertiary/aromatic N) is 2. The molecular weight excluding hydrogens is 348 g/mol. The molecule has 1 aliphatic carbocycles. The lowest BCUT2D eigenvalue weighted by Gasteiger charge is -2.25. The van der Waals surface area contributed by atoms with Gasteiger partial charge in [-0.05, 0) is 31.6 Å². The van der Waals surface area contributed by atoms with Crippen molar-refractivity contribution in [1.29, 1.82) is 5.26 Å². The fourth-order valence-corrected chi connectivity index (χ4v) is 3.30. The van der Waals surface area contributed by atoms with Crippen molar-refractivity contribution in [3.05, 3.63) is 18.2 Å². The van der Waals surface area contributed by atoms with Crippen molar-refractivity contribution < 1.29 is 14.4 Å². The lowest BCUT2D eigenvalue weighted by atomic mass is 9.92. The third-order valence-electron chi connectivity index (χ3n) is 4.99. The molecular formula is C18H24N6O3. The number of rotatable bonds is 8. The fourth-order valence-electron chi connectivity index (χ4n) is 3.30. The molecule has 0 spiro atoms. The Morgan fingerprint density at radius 1 is 1.30 bits per heavy atom. The molecule has 27 heavy (non-hydrogen) atoms. The van der Waals surface area contributed by atoms with Crippen LogP contribution in [-0.2, 0) is 9.59 Å². The van der Waals surface area contributed by atoms with E-state index in [1.54, 1.807) is 0 Å². The molecule has 3 atom stereocenters. The summed E-state index contributed by atoms with van der Waals surface area (Å²) in [5, 5.41) is 17.6. The molecule has 0 radical (unpaired) electrons. The molecule has 2 heterocycles. The predicted molar refractivity (Wildman–Crippen MR) is 95.1 cm³/mol. The van der Waals surface area contributed by atoms with E-state index in [0.717, 1.165) is 19.3 Å². The Labute approximate surface area is 157 Å². The van der Waals surface area contributed by atoms with Gasteiger partial charge in [0.15, 0.2) is 5.82 Å². The van der Waals surface area contributed by atoms with E-state index in [2.05, 4.69) is 32.0 Å². The Morgan fingerprint density at radius 2 is 2.11 bits per heavy atom. The Kier molecular flexibility index (Phi) is 6.06. The van der Waals surface area contributed by atoms with Gasteiger partial charge >= 0.3 is 0 Å². The molecule has 0 bridgehead atoms. The van der Waals surface area contributed by atoms with Crippen LogP contribution in [-0.4, -0.2) is 46.3 Å². The largest absolute Gasteiger partial charge is 0.356 e. The molecule has 3 rings (SSSR count). The number of carbonyl (C=O) groups is 3. The van der Waals surface area contributed by atoms with E-state index in [9.17, 15) is 19.6 Å². The summed E-state index contributed by atoms with van der Waals surface area (Å²) in [7, 11) is 0. The minimum atomic E-state index is -0.770. The highest BCUT2D eigenvalue weighted by Crippen LogP contribution is 2.33. The Balaban J connectivity index is 1.59. The summed E-state index contributed by atoms with van der Waals surface area (Å²) < 4.78 is 0. The molecule has 144 valence electrons. The number of H-pyrrole nitrogens is 1. The molecule has 9 heteroatoms. The van der Waals surface area contributed by atoms with Crippen LogP contribution >= 0.6 is 0 Å². The molecule has 1 aromatic heterocycles. The minimum Gasteiger partial charge on any atom is -0.356 e. The van der Waals surface area contributed by atoms with E-state index in [0.29, 0.717) is 25.3 Å². The fraction of sp³-hybridized carbons (Fsp3) is 0.611. The molecule has 0 aromatic carbocycles. The van der Waals surface area contributed by atoms with E-state index < -0.39 is 23.9 Å². The van der Waals surface area contributed by atoms with Crippen LogP contribution in [0, 0.1) is 23.2 Å². The van der Waals surface area contributed by atoms with Crippen LogP contribution in [0.3, 0.4) is 0 Å². The second-order valence-electron chi connectivity index (χ2n) is 7.20. The number of piperidine rings is 1. The van der Waals surface area contributed by atoms with Crippen molar-refractivity contribution >= 4 is 17.7 Å². The first kappa shape index (κ1) is 18.9. The molecule has 3 amide bonds. The van der Waals surface area contributed by atoms with Gasteiger partial charge in [-0.15, -0.1) is 0 Å². The zero-order chi connectivity index (χ0) is 19.2. The topological polar surface area (TPSA) is 140 Å². The van der Waals surface area contributed by atoms with Crippen LogP contribution in [0.25, 0.3) is 0 Å². The van der Waals surface area contributed by atoms with E-state index in [4.69, 9.17) is 0 Å². The summed E-state index contributed by atoms with van der Waals surface area (Å²) in [6.45, 7) is 0.654. The van der Waals surface area contributed by atoms with Gasteiger partial charge in [0.25, 0.3) is 5.91 Å². The van der Waals surface area contributed by atoms with Gasteiger partial charge in [0.05, 0.1) is 6.07 Å². The highest BCUT2D eigenvalue weighted by atomic mass is 16.2. The van der Waals surface area contributed by atoms with Crippen LogP contribution in [0.15, 0.2) is 12.4 Å². The van der Waals surface area contributed by atoms with Gasteiger partial charge in [-0.2, -0.15) is 5.26 Å². The van der Waals surface area contributed by atoms with Crippen LogP contribution in [0.4, 0.5) is 0 Å². The molecule has 2 fully saturated rings. The van der Waals surface area contributed by atoms with Gasteiger partial charge in [0.2, 0.25) is 11.8 Å².